The largest absolute Gasteiger partial charge is 0.493 e. The predicted molar refractivity (Wildman–Crippen MR) is 77.5 cm³/mol. The molecule has 19 heavy (non-hydrogen) atoms. The van der Waals surface area contributed by atoms with Crippen LogP contribution in [0.1, 0.15) is 26.3 Å². The van der Waals surface area contributed by atoms with Crippen molar-refractivity contribution in [3.8, 4) is 17.2 Å². The van der Waals surface area contributed by atoms with Gasteiger partial charge in [0.2, 0.25) is 5.75 Å². The van der Waals surface area contributed by atoms with E-state index >= 15 is 0 Å². The monoisotopic (exact) mass is 267 g/mol. The van der Waals surface area contributed by atoms with Gasteiger partial charge in [0.05, 0.1) is 14.2 Å². The third-order valence-electron chi connectivity index (χ3n) is 2.78. The lowest BCUT2D eigenvalue weighted by atomic mass is 10.1. The lowest BCUT2D eigenvalue weighted by Gasteiger charge is -2.28. The minimum Gasteiger partial charge on any atom is -0.493 e. The summed E-state index contributed by atoms with van der Waals surface area (Å²) in [6.45, 7) is 9.81. The molecule has 108 valence electrons. The molecule has 0 aliphatic heterocycles. The van der Waals surface area contributed by atoms with Gasteiger partial charge in [-0.15, -0.1) is 0 Å². The first kappa shape index (κ1) is 15.6. The quantitative estimate of drug-likeness (QED) is 0.824. The van der Waals surface area contributed by atoms with Crippen LogP contribution in [-0.4, -0.2) is 32.9 Å². The van der Waals surface area contributed by atoms with E-state index in [2.05, 4.69) is 12.2 Å². The van der Waals surface area contributed by atoms with Crippen molar-refractivity contribution in [2.45, 2.75) is 33.3 Å². The van der Waals surface area contributed by atoms with Gasteiger partial charge in [0.15, 0.2) is 11.5 Å². The lowest BCUT2D eigenvalue weighted by molar-refractivity contribution is 0.0997. The molecule has 0 heterocycles. The Kier molecular flexibility index (Phi) is 5.48. The molecule has 0 aliphatic rings. The van der Waals surface area contributed by atoms with Gasteiger partial charge in [0.1, 0.15) is 5.60 Å². The van der Waals surface area contributed by atoms with Gasteiger partial charge in [-0.05, 0) is 45.0 Å². The van der Waals surface area contributed by atoms with Crippen LogP contribution >= 0.6 is 0 Å². The Bertz CT molecular complexity index is 391. The summed E-state index contributed by atoms with van der Waals surface area (Å²) in [5.74, 6) is 2.04. The maximum absolute atomic E-state index is 6.09. The highest BCUT2D eigenvalue weighted by atomic mass is 16.5. The number of rotatable bonds is 7. The Morgan fingerprint density at radius 1 is 1.11 bits per heavy atom. The molecule has 0 unspecified atom stereocenters. The topological polar surface area (TPSA) is 39.7 Å². The van der Waals surface area contributed by atoms with Crippen LogP contribution in [0.5, 0.6) is 17.2 Å². The highest BCUT2D eigenvalue weighted by molar-refractivity contribution is 5.53. The summed E-state index contributed by atoms with van der Waals surface area (Å²) >= 11 is 0. The van der Waals surface area contributed by atoms with E-state index in [1.807, 2.05) is 32.9 Å². The van der Waals surface area contributed by atoms with Gasteiger partial charge in [0, 0.05) is 6.54 Å². The smallest absolute Gasteiger partial charge is 0.204 e. The van der Waals surface area contributed by atoms with Gasteiger partial charge >= 0.3 is 0 Å². The number of aryl methyl sites for hydroxylation is 1. The van der Waals surface area contributed by atoms with Gasteiger partial charge in [-0.3, -0.25) is 0 Å². The average Bonchev–Trinajstić information content (AvgIpc) is 2.37. The van der Waals surface area contributed by atoms with Gasteiger partial charge in [-0.25, -0.2) is 0 Å². The summed E-state index contributed by atoms with van der Waals surface area (Å²) in [5, 5.41) is 3.29. The second kappa shape index (κ2) is 6.66. The molecular weight excluding hydrogens is 242 g/mol. The van der Waals surface area contributed by atoms with Crippen LogP contribution in [0.3, 0.4) is 0 Å². The fourth-order valence-corrected chi connectivity index (χ4v) is 1.85. The minimum atomic E-state index is -0.341. The Morgan fingerprint density at radius 3 is 2.05 bits per heavy atom. The first-order valence-corrected chi connectivity index (χ1v) is 6.56. The molecule has 1 aromatic carbocycles. The van der Waals surface area contributed by atoms with Gasteiger partial charge in [-0.1, -0.05) is 6.92 Å². The van der Waals surface area contributed by atoms with Crippen molar-refractivity contribution in [1.82, 2.24) is 5.32 Å². The average molecular weight is 267 g/mol. The van der Waals surface area contributed by atoms with Crippen molar-refractivity contribution in [3.05, 3.63) is 17.7 Å². The highest BCUT2D eigenvalue weighted by Crippen LogP contribution is 2.40. The zero-order chi connectivity index (χ0) is 14.5. The van der Waals surface area contributed by atoms with Crippen molar-refractivity contribution < 1.29 is 14.2 Å². The molecule has 1 N–H and O–H groups in total. The summed E-state index contributed by atoms with van der Waals surface area (Å²) in [7, 11) is 3.27. The highest BCUT2D eigenvalue weighted by Gasteiger charge is 2.24. The van der Waals surface area contributed by atoms with E-state index in [1.165, 1.54) is 0 Å². The number of hydrogen-bond donors (Lipinski definition) is 1. The third-order valence-corrected chi connectivity index (χ3v) is 2.78. The van der Waals surface area contributed by atoms with Crippen LogP contribution in [0, 0.1) is 6.92 Å². The van der Waals surface area contributed by atoms with Crippen molar-refractivity contribution in [1.29, 1.82) is 0 Å². The predicted octanol–water partition coefficient (Wildman–Crippen LogP) is 2.78. The first-order valence-electron chi connectivity index (χ1n) is 6.56. The molecule has 0 radical (unpaired) electrons. The molecule has 0 aliphatic carbocycles. The SMILES string of the molecule is CCNCC(C)(C)Oc1c(OC)cc(C)cc1OC. The summed E-state index contributed by atoms with van der Waals surface area (Å²) < 4.78 is 16.9. The molecule has 0 amide bonds. The molecule has 0 fully saturated rings. The Hall–Kier alpha value is -1.42. The molecule has 0 atom stereocenters. The Balaban J connectivity index is 3.04. The molecule has 4 heteroatoms. The van der Waals surface area contributed by atoms with Crippen molar-refractivity contribution in [3.63, 3.8) is 0 Å². The van der Waals surface area contributed by atoms with Gasteiger partial charge in [0.25, 0.3) is 0 Å². The molecule has 1 rings (SSSR count). The molecule has 0 aromatic heterocycles. The normalized spacial score (nSPS) is 11.3. The standard InChI is InChI=1S/C15H25NO3/c1-7-16-10-15(3,4)19-14-12(17-5)8-11(2)9-13(14)18-6/h8-9,16H,7,10H2,1-6H3. The summed E-state index contributed by atoms with van der Waals surface area (Å²) in [6.07, 6.45) is 0. The summed E-state index contributed by atoms with van der Waals surface area (Å²) in [5.41, 5.74) is 0.733. The number of ether oxygens (including phenoxy) is 3. The number of benzene rings is 1. The van der Waals surface area contributed by atoms with E-state index in [0.29, 0.717) is 17.2 Å². The maximum Gasteiger partial charge on any atom is 0.204 e. The number of likely N-dealkylation sites (N-methyl/N-ethyl adjacent to an activating group) is 1. The molecule has 1 aromatic rings. The van der Waals surface area contributed by atoms with Crippen LogP contribution in [0.4, 0.5) is 0 Å². The van der Waals surface area contributed by atoms with E-state index in [4.69, 9.17) is 14.2 Å². The molecule has 4 nitrogen and oxygen atoms in total. The van der Waals surface area contributed by atoms with E-state index < -0.39 is 0 Å². The fourth-order valence-electron chi connectivity index (χ4n) is 1.85. The van der Waals surface area contributed by atoms with Crippen molar-refractivity contribution >= 4 is 0 Å². The van der Waals surface area contributed by atoms with E-state index in [9.17, 15) is 0 Å². The fraction of sp³-hybridized carbons (Fsp3) is 0.600. The summed E-state index contributed by atoms with van der Waals surface area (Å²) in [4.78, 5) is 0. The van der Waals surface area contributed by atoms with Crippen LogP contribution in [-0.2, 0) is 0 Å². The number of hydrogen-bond acceptors (Lipinski definition) is 4. The lowest BCUT2D eigenvalue weighted by Crippen LogP contribution is -2.40. The molecule has 0 saturated heterocycles. The molecule has 0 saturated carbocycles. The zero-order valence-corrected chi connectivity index (χ0v) is 12.8. The van der Waals surface area contributed by atoms with Crippen molar-refractivity contribution in [2.24, 2.45) is 0 Å². The van der Waals surface area contributed by atoms with Gasteiger partial charge < -0.3 is 19.5 Å². The van der Waals surface area contributed by atoms with Crippen LogP contribution in [0.15, 0.2) is 12.1 Å². The summed E-state index contributed by atoms with van der Waals surface area (Å²) in [6, 6.07) is 3.89. The third kappa shape index (κ3) is 4.31. The van der Waals surface area contributed by atoms with Crippen molar-refractivity contribution in [2.75, 3.05) is 27.3 Å². The molecule has 0 bridgehead atoms. The van der Waals surface area contributed by atoms with E-state index in [0.717, 1.165) is 18.7 Å². The second-order valence-electron chi connectivity index (χ2n) is 5.14. The van der Waals surface area contributed by atoms with E-state index in [-0.39, 0.29) is 5.60 Å². The zero-order valence-electron chi connectivity index (χ0n) is 12.8. The number of nitrogens with one attached hydrogen (secondary N) is 1. The Morgan fingerprint density at radius 2 is 1.63 bits per heavy atom. The van der Waals surface area contributed by atoms with E-state index in [1.54, 1.807) is 14.2 Å². The van der Waals surface area contributed by atoms with Crippen LogP contribution in [0.25, 0.3) is 0 Å². The first-order chi connectivity index (χ1) is 8.93. The molecule has 0 spiro atoms. The second-order valence-corrected chi connectivity index (χ2v) is 5.14. The van der Waals surface area contributed by atoms with Gasteiger partial charge in [-0.2, -0.15) is 0 Å². The van der Waals surface area contributed by atoms with Crippen LogP contribution in [0.2, 0.25) is 0 Å². The molecular formula is C15H25NO3. The van der Waals surface area contributed by atoms with Crippen LogP contribution < -0.4 is 19.5 Å². The maximum atomic E-state index is 6.09. The number of methoxy groups -OCH3 is 2. The minimum absolute atomic E-state index is 0.341. The Labute approximate surface area is 116 Å².